The van der Waals surface area contributed by atoms with Gasteiger partial charge in [0.15, 0.2) is 0 Å². The Bertz CT molecular complexity index is 552. The molecule has 0 spiro atoms. The van der Waals surface area contributed by atoms with Crippen molar-refractivity contribution in [2.24, 2.45) is 5.73 Å². The fourth-order valence-corrected chi connectivity index (χ4v) is 3.01. The van der Waals surface area contributed by atoms with Crippen molar-refractivity contribution in [2.75, 3.05) is 0 Å². The Morgan fingerprint density at radius 2 is 2.10 bits per heavy atom. The normalized spacial score (nSPS) is 18.3. The van der Waals surface area contributed by atoms with Gasteiger partial charge in [-0.15, -0.1) is 0 Å². The molecule has 0 radical (unpaired) electrons. The van der Waals surface area contributed by atoms with Crippen molar-refractivity contribution in [1.29, 1.82) is 0 Å². The molecule has 1 unspecified atom stereocenters. The van der Waals surface area contributed by atoms with E-state index in [1.165, 1.54) is 32.1 Å². The minimum absolute atomic E-state index is 0.113. The molecule has 1 aliphatic carbocycles. The van der Waals surface area contributed by atoms with Gasteiger partial charge in [0.1, 0.15) is 11.5 Å². The highest BCUT2D eigenvalue weighted by atomic mass is 16.3. The molecular weight excluding hydrogens is 250 g/mol. The van der Waals surface area contributed by atoms with Gasteiger partial charge in [-0.05, 0) is 38.0 Å². The molecule has 4 nitrogen and oxygen atoms in total. The standard InChI is InChI=1S/C16H23N3O/c1-12-7-8-16(20-12)15(17)11-13-9-10-19(18-13)14-5-3-2-4-6-14/h7-10,14-15H,2-6,11,17H2,1H3. The average molecular weight is 273 g/mol. The Balaban J connectivity index is 1.64. The van der Waals surface area contributed by atoms with Gasteiger partial charge in [-0.3, -0.25) is 4.68 Å². The van der Waals surface area contributed by atoms with Crippen molar-refractivity contribution in [3.63, 3.8) is 0 Å². The Morgan fingerprint density at radius 3 is 2.80 bits per heavy atom. The number of hydrogen-bond donors (Lipinski definition) is 1. The van der Waals surface area contributed by atoms with Gasteiger partial charge < -0.3 is 10.2 Å². The van der Waals surface area contributed by atoms with Crippen LogP contribution < -0.4 is 5.73 Å². The Labute approximate surface area is 120 Å². The summed E-state index contributed by atoms with van der Waals surface area (Å²) in [5, 5.41) is 4.70. The molecule has 0 amide bonds. The van der Waals surface area contributed by atoms with Crippen LogP contribution in [0.3, 0.4) is 0 Å². The maximum atomic E-state index is 6.19. The maximum absolute atomic E-state index is 6.19. The lowest BCUT2D eigenvalue weighted by atomic mass is 9.96. The van der Waals surface area contributed by atoms with Gasteiger partial charge in [-0.2, -0.15) is 5.10 Å². The van der Waals surface area contributed by atoms with E-state index in [1.54, 1.807) is 0 Å². The van der Waals surface area contributed by atoms with E-state index >= 15 is 0 Å². The van der Waals surface area contributed by atoms with E-state index in [-0.39, 0.29) is 6.04 Å². The predicted octanol–water partition coefficient (Wildman–Crippen LogP) is 3.53. The van der Waals surface area contributed by atoms with Crippen LogP contribution >= 0.6 is 0 Å². The first-order chi connectivity index (χ1) is 9.72. The highest BCUT2D eigenvalue weighted by Gasteiger charge is 2.17. The van der Waals surface area contributed by atoms with Gasteiger partial charge in [0.05, 0.1) is 17.8 Å². The monoisotopic (exact) mass is 273 g/mol. The van der Waals surface area contributed by atoms with Crippen LogP contribution in [0.2, 0.25) is 0 Å². The van der Waals surface area contributed by atoms with Crippen LogP contribution in [0.25, 0.3) is 0 Å². The van der Waals surface area contributed by atoms with Crippen LogP contribution in [0.15, 0.2) is 28.8 Å². The molecular formula is C16H23N3O. The van der Waals surface area contributed by atoms with Crippen LogP contribution in [0.4, 0.5) is 0 Å². The molecule has 2 aromatic heterocycles. The molecule has 1 atom stereocenters. The zero-order chi connectivity index (χ0) is 13.9. The average Bonchev–Trinajstić information content (AvgIpc) is 3.09. The molecule has 3 rings (SSSR count). The summed E-state index contributed by atoms with van der Waals surface area (Å²) in [7, 11) is 0. The number of aromatic nitrogens is 2. The summed E-state index contributed by atoms with van der Waals surface area (Å²) in [5.41, 5.74) is 7.24. The first kappa shape index (κ1) is 13.4. The SMILES string of the molecule is Cc1ccc(C(N)Cc2ccn(C3CCCCC3)n2)o1. The van der Waals surface area contributed by atoms with E-state index in [0.717, 1.165) is 23.6 Å². The number of rotatable bonds is 4. The molecule has 1 saturated carbocycles. The Kier molecular flexibility index (Phi) is 3.92. The topological polar surface area (TPSA) is 57.0 Å². The van der Waals surface area contributed by atoms with Gasteiger partial charge in [0, 0.05) is 12.6 Å². The van der Waals surface area contributed by atoms with E-state index < -0.39 is 0 Å². The van der Waals surface area contributed by atoms with Gasteiger partial charge in [0.25, 0.3) is 0 Å². The molecule has 2 heterocycles. The lowest BCUT2D eigenvalue weighted by Gasteiger charge is -2.21. The fraction of sp³-hybridized carbons (Fsp3) is 0.562. The molecule has 2 aromatic rings. The highest BCUT2D eigenvalue weighted by molar-refractivity contribution is 5.12. The van der Waals surface area contributed by atoms with E-state index in [2.05, 4.69) is 16.9 Å². The highest BCUT2D eigenvalue weighted by Crippen LogP contribution is 2.27. The molecule has 2 N–H and O–H groups in total. The number of furan rings is 1. The lowest BCUT2D eigenvalue weighted by Crippen LogP contribution is -2.15. The zero-order valence-corrected chi connectivity index (χ0v) is 12.1. The molecule has 1 fully saturated rings. The summed E-state index contributed by atoms with van der Waals surface area (Å²) in [5.74, 6) is 1.75. The minimum atomic E-state index is -0.113. The third-order valence-electron chi connectivity index (χ3n) is 4.17. The summed E-state index contributed by atoms with van der Waals surface area (Å²) in [4.78, 5) is 0. The Morgan fingerprint density at radius 1 is 1.30 bits per heavy atom. The molecule has 0 aliphatic heterocycles. The Hall–Kier alpha value is -1.55. The first-order valence-corrected chi connectivity index (χ1v) is 7.58. The van der Waals surface area contributed by atoms with Crippen molar-refractivity contribution in [3.8, 4) is 0 Å². The molecule has 1 aliphatic rings. The maximum Gasteiger partial charge on any atom is 0.121 e. The smallest absolute Gasteiger partial charge is 0.121 e. The lowest BCUT2D eigenvalue weighted by molar-refractivity contribution is 0.327. The second kappa shape index (κ2) is 5.83. The van der Waals surface area contributed by atoms with Crippen molar-refractivity contribution in [3.05, 3.63) is 41.6 Å². The molecule has 4 heteroatoms. The molecule has 0 bridgehead atoms. The molecule has 0 aromatic carbocycles. The molecule has 0 saturated heterocycles. The third-order valence-corrected chi connectivity index (χ3v) is 4.17. The molecule has 108 valence electrons. The summed E-state index contributed by atoms with van der Waals surface area (Å²) < 4.78 is 7.71. The number of aryl methyl sites for hydroxylation is 1. The summed E-state index contributed by atoms with van der Waals surface area (Å²) in [6.45, 7) is 1.94. The van der Waals surface area contributed by atoms with Crippen LogP contribution in [-0.4, -0.2) is 9.78 Å². The van der Waals surface area contributed by atoms with Crippen molar-refractivity contribution >= 4 is 0 Å². The predicted molar refractivity (Wildman–Crippen MR) is 78.4 cm³/mol. The third kappa shape index (κ3) is 2.96. The second-order valence-corrected chi connectivity index (χ2v) is 5.84. The van der Waals surface area contributed by atoms with Gasteiger partial charge in [-0.25, -0.2) is 0 Å². The summed E-state index contributed by atoms with van der Waals surface area (Å²) >= 11 is 0. The summed E-state index contributed by atoms with van der Waals surface area (Å²) in [6.07, 6.45) is 9.36. The summed E-state index contributed by atoms with van der Waals surface area (Å²) in [6, 6.07) is 6.47. The van der Waals surface area contributed by atoms with Crippen LogP contribution in [0.5, 0.6) is 0 Å². The first-order valence-electron chi connectivity index (χ1n) is 7.58. The zero-order valence-electron chi connectivity index (χ0n) is 12.1. The van der Waals surface area contributed by atoms with Gasteiger partial charge in [0.2, 0.25) is 0 Å². The quantitative estimate of drug-likeness (QED) is 0.927. The van der Waals surface area contributed by atoms with E-state index in [9.17, 15) is 0 Å². The number of hydrogen-bond acceptors (Lipinski definition) is 3. The fourth-order valence-electron chi connectivity index (χ4n) is 3.01. The largest absolute Gasteiger partial charge is 0.465 e. The van der Waals surface area contributed by atoms with Crippen LogP contribution in [-0.2, 0) is 6.42 Å². The van der Waals surface area contributed by atoms with Crippen molar-refractivity contribution < 1.29 is 4.42 Å². The van der Waals surface area contributed by atoms with Crippen molar-refractivity contribution in [1.82, 2.24) is 9.78 Å². The van der Waals surface area contributed by atoms with E-state index in [1.807, 2.05) is 19.1 Å². The number of nitrogens with two attached hydrogens (primary N) is 1. The minimum Gasteiger partial charge on any atom is -0.465 e. The van der Waals surface area contributed by atoms with Gasteiger partial charge >= 0.3 is 0 Å². The number of nitrogens with zero attached hydrogens (tertiary/aromatic N) is 2. The van der Waals surface area contributed by atoms with E-state index in [0.29, 0.717) is 6.04 Å². The van der Waals surface area contributed by atoms with Crippen molar-refractivity contribution in [2.45, 2.75) is 57.5 Å². The van der Waals surface area contributed by atoms with Crippen LogP contribution in [0, 0.1) is 6.92 Å². The van der Waals surface area contributed by atoms with Crippen LogP contribution in [0.1, 0.15) is 61.4 Å². The molecule has 20 heavy (non-hydrogen) atoms. The van der Waals surface area contributed by atoms with Gasteiger partial charge in [-0.1, -0.05) is 19.3 Å². The van der Waals surface area contributed by atoms with E-state index in [4.69, 9.17) is 15.2 Å². The second-order valence-electron chi connectivity index (χ2n) is 5.84.